The highest BCUT2D eigenvalue weighted by Gasteiger charge is 2.24. The molecule has 2 aromatic rings. The minimum absolute atomic E-state index is 0.000957. The Morgan fingerprint density at radius 1 is 1.39 bits per heavy atom. The van der Waals surface area contributed by atoms with Gasteiger partial charge in [0.05, 0.1) is 6.33 Å². The van der Waals surface area contributed by atoms with Crippen molar-refractivity contribution in [3.05, 3.63) is 47.5 Å². The van der Waals surface area contributed by atoms with Crippen molar-refractivity contribution in [2.24, 2.45) is 0 Å². The molecule has 0 saturated carbocycles. The molecule has 1 aliphatic rings. The van der Waals surface area contributed by atoms with Gasteiger partial charge in [0.2, 0.25) is 0 Å². The van der Waals surface area contributed by atoms with Gasteiger partial charge in [-0.2, -0.15) is 0 Å². The Kier molecular flexibility index (Phi) is 4.65. The molecular formula is C18H24N4O. The second kappa shape index (κ2) is 6.86. The molecule has 2 N–H and O–H groups in total. The lowest BCUT2D eigenvalue weighted by molar-refractivity contribution is 0.194. The fourth-order valence-corrected chi connectivity index (χ4v) is 3.22. The van der Waals surface area contributed by atoms with Crippen molar-refractivity contribution < 1.29 is 4.79 Å². The Balaban J connectivity index is 1.57. The maximum Gasteiger partial charge on any atom is 0.321 e. The second-order valence-corrected chi connectivity index (χ2v) is 6.19. The Bertz CT molecular complexity index is 658. The average molecular weight is 312 g/mol. The zero-order valence-electron chi connectivity index (χ0n) is 13.8. The molecule has 2 amide bonds. The molecular weight excluding hydrogens is 288 g/mol. The van der Waals surface area contributed by atoms with Crippen molar-refractivity contribution in [1.29, 1.82) is 0 Å². The van der Waals surface area contributed by atoms with E-state index in [0.29, 0.717) is 5.92 Å². The van der Waals surface area contributed by atoms with Gasteiger partial charge >= 0.3 is 6.03 Å². The van der Waals surface area contributed by atoms with E-state index in [4.69, 9.17) is 0 Å². The number of benzene rings is 1. The lowest BCUT2D eigenvalue weighted by Crippen LogP contribution is -2.40. The van der Waals surface area contributed by atoms with Crippen LogP contribution >= 0.6 is 0 Å². The molecule has 1 aliphatic heterocycles. The summed E-state index contributed by atoms with van der Waals surface area (Å²) in [5.41, 5.74) is 4.61. The molecule has 0 radical (unpaired) electrons. The summed E-state index contributed by atoms with van der Waals surface area (Å²) in [5.74, 6) is 0.479. The van der Waals surface area contributed by atoms with Gasteiger partial charge < -0.3 is 15.2 Å². The molecule has 1 aromatic heterocycles. The number of H-pyrrole nitrogens is 1. The van der Waals surface area contributed by atoms with Crippen LogP contribution in [0.2, 0.25) is 0 Å². The zero-order valence-corrected chi connectivity index (χ0v) is 13.8. The highest BCUT2D eigenvalue weighted by Crippen LogP contribution is 2.26. The first-order valence-electron chi connectivity index (χ1n) is 8.31. The van der Waals surface area contributed by atoms with Gasteiger partial charge in [0.1, 0.15) is 0 Å². The topological polar surface area (TPSA) is 61.0 Å². The van der Waals surface area contributed by atoms with E-state index in [1.165, 1.54) is 16.8 Å². The number of aromatic nitrogens is 2. The van der Waals surface area contributed by atoms with E-state index in [9.17, 15) is 4.79 Å². The lowest BCUT2D eigenvalue weighted by atomic mass is 9.94. The molecule has 1 saturated heterocycles. The number of carbonyl (C=O) groups is 1. The van der Waals surface area contributed by atoms with Crippen molar-refractivity contribution >= 4 is 11.7 Å². The molecule has 0 atom stereocenters. The van der Waals surface area contributed by atoms with E-state index in [-0.39, 0.29) is 6.03 Å². The third-order valence-corrected chi connectivity index (χ3v) is 4.72. The highest BCUT2D eigenvalue weighted by atomic mass is 16.2. The first kappa shape index (κ1) is 15.6. The highest BCUT2D eigenvalue weighted by molar-refractivity contribution is 5.89. The van der Waals surface area contributed by atoms with Gasteiger partial charge in [-0.15, -0.1) is 0 Å². The summed E-state index contributed by atoms with van der Waals surface area (Å²) in [4.78, 5) is 21.6. The van der Waals surface area contributed by atoms with Crippen molar-refractivity contribution in [3.8, 4) is 0 Å². The van der Waals surface area contributed by atoms with Crippen LogP contribution in [0.15, 0.2) is 30.7 Å². The maximum atomic E-state index is 12.4. The Labute approximate surface area is 137 Å². The third-order valence-electron chi connectivity index (χ3n) is 4.72. The Hall–Kier alpha value is -2.30. The molecule has 122 valence electrons. The second-order valence-electron chi connectivity index (χ2n) is 6.19. The number of urea groups is 1. The summed E-state index contributed by atoms with van der Waals surface area (Å²) in [5, 5.41) is 3.03. The van der Waals surface area contributed by atoms with Crippen LogP contribution in [0.1, 0.15) is 42.5 Å². The van der Waals surface area contributed by atoms with Crippen LogP contribution in [0.5, 0.6) is 0 Å². The number of nitrogens with zero attached hydrogens (tertiary/aromatic N) is 2. The number of imidazole rings is 1. The molecule has 3 rings (SSSR count). The van der Waals surface area contributed by atoms with E-state index in [2.05, 4.69) is 41.3 Å². The predicted molar refractivity (Wildman–Crippen MR) is 91.7 cm³/mol. The molecule has 0 spiro atoms. The number of aryl methyl sites for hydroxylation is 2. The normalized spacial score (nSPS) is 15.7. The minimum Gasteiger partial charge on any atom is -0.348 e. The number of carbonyl (C=O) groups excluding carboxylic acids is 1. The maximum absolute atomic E-state index is 12.4. The van der Waals surface area contributed by atoms with Crippen LogP contribution in [0.25, 0.3) is 0 Å². The Morgan fingerprint density at radius 2 is 2.17 bits per heavy atom. The number of hydrogen-bond acceptors (Lipinski definition) is 2. The molecule has 0 unspecified atom stereocenters. The number of amides is 2. The van der Waals surface area contributed by atoms with Crippen molar-refractivity contribution in [3.63, 3.8) is 0 Å². The summed E-state index contributed by atoms with van der Waals surface area (Å²) in [6, 6.07) is 6.12. The van der Waals surface area contributed by atoms with Gasteiger partial charge in [0.15, 0.2) is 0 Å². The summed E-state index contributed by atoms with van der Waals surface area (Å²) >= 11 is 0. The van der Waals surface area contributed by atoms with Crippen LogP contribution in [0.4, 0.5) is 10.5 Å². The van der Waals surface area contributed by atoms with Gasteiger partial charge in [-0.25, -0.2) is 9.78 Å². The van der Waals surface area contributed by atoms with E-state index in [1.54, 1.807) is 6.33 Å². The van der Waals surface area contributed by atoms with Gasteiger partial charge in [-0.05, 0) is 49.4 Å². The summed E-state index contributed by atoms with van der Waals surface area (Å²) in [7, 11) is 0. The molecule has 0 bridgehead atoms. The molecule has 23 heavy (non-hydrogen) atoms. The lowest BCUT2D eigenvalue weighted by Gasteiger charge is -2.31. The molecule has 1 fully saturated rings. The SMILES string of the molecule is CCc1cc(NC(=O)N2CCC(c3cnc[nH]3)CC2)ccc1C. The molecule has 5 nitrogen and oxygen atoms in total. The Morgan fingerprint density at radius 3 is 2.83 bits per heavy atom. The molecule has 5 heteroatoms. The van der Waals surface area contributed by atoms with Crippen LogP contribution < -0.4 is 5.32 Å². The number of piperidine rings is 1. The number of aromatic amines is 1. The van der Waals surface area contributed by atoms with Gasteiger partial charge in [-0.3, -0.25) is 0 Å². The fourth-order valence-electron chi connectivity index (χ4n) is 3.22. The predicted octanol–water partition coefficient (Wildman–Crippen LogP) is 3.69. The monoisotopic (exact) mass is 312 g/mol. The van der Waals surface area contributed by atoms with E-state index in [0.717, 1.165) is 38.0 Å². The van der Waals surface area contributed by atoms with E-state index in [1.807, 2.05) is 17.2 Å². The number of nitrogens with one attached hydrogen (secondary N) is 2. The molecule has 2 heterocycles. The average Bonchev–Trinajstić information content (AvgIpc) is 3.11. The van der Waals surface area contributed by atoms with Crippen LogP contribution in [0.3, 0.4) is 0 Å². The first-order chi connectivity index (χ1) is 11.2. The van der Waals surface area contributed by atoms with Gasteiger partial charge in [0.25, 0.3) is 0 Å². The quantitative estimate of drug-likeness (QED) is 0.908. The van der Waals surface area contributed by atoms with Crippen LogP contribution in [-0.4, -0.2) is 34.0 Å². The third kappa shape index (κ3) is 3.55. The fraction of sp³-hybridized carbons (Fsp3) is 0.444. The van der Waals surface area contributed by atoms with Crippen molar-refractivity contribution in [2.45, 2.75) is 39.0 Å². The smallest absolute Gasteiger partial charge is 0.321 e. The molecule has 0 aliphatic carbocycles. The summed E-state index contributed by atoms with van der Waals surface area (Å²) in [6.45, 7) is 5.79. The van der Waals surface area contributed by atoms with Gasteiger partial charge in [-0.1, -0.05) is 13.0 Å². The number of anilines is 1. The number of hydrogen-bond donors (Lipinski definition) is 2. The standard InChI is InChI=1S/C18H24N4O/c1-3-14-10-16(5-4-13(14)2)21-18(23)22-8-6-15(7-9-22)17-11-19-12-20-17/h4-5,10-12,15H,3,6-9H2,1-2H3,(H,19,20)(H,21,23). The first-order valence-corrected chi connectivity index (χ1v) is 8.31. The van der Waals surface area contributed by atoms with Gasteiger partial charge in [0, 0.05) is 36.6 Å². The zero-order chi connectivity index (χ0) is 16.2. The largest absolute Gasteiger partial charge is 0.348 e. The molecule has 1 aromatic carbocycles. The minimum atomic E-state index is -0.000957. The van der Waals surface area contributed by atoms with Crippen LogP contribution in [0, 0.1) is 6.92 Å². The summed E-state index contributed by atoms with van der Waals surface area (Å²) in [6.07, 6.45) is 6.54. The summed E-state index contributed by atoms with van der Waals surface area (Å²) < 4.78 is 0. The van der Waals surface area contributed by atoms with E-state index < -0.39 is 0 Å². The number of likely N-dealkylation sites (tertiary alicyclic amines) is 1. The number of rotatable bonds is 3. The van der Waals surface area contributed by atoms with Crippen molar-refractivity contribution in [2.75, 3.05) is 18.4 Å². The van der Waals surface area contributed by atoms with Crippen LogP contribution in [-0.2, 0) is 6.42 Å². The van der Waals surface area contributed by atoms with Crippen molar-refractivity contribution in [1.82, 2.24) is 14.9 Å². The van der Waals surface area contributed by atoms with E-state index >= 15 is 0 Å².